The highest BCUT2D eigenvalue weighted by molar-refractivity contribution is 9.10. The summed E-state index contributed by atoms with van der Waals surface area (Å²) >= 11 is 2.91. The van der Waals surface area contributed by atoms with E-state index < -0.39 is 27.1 Å². The maximum Gasteiger partial charge on any atom is 0.339 e. The van der Waals surface area contributed by atoms with Gasteiger partial charge in [0.05, 0.1) is 15.1 Å². The average molecular weight is 309 g/mol. The molecule has 0 radical (unpaired) electrons. The number of aromatic hydroxyl groups is 1. The summed E-state index contributed by atoms with van der Waals surface area (Å²) in [6.07, 6.45) is 0. The number of carbonyl (C=O) groups is 1. The predicted molar refractivity (Wildman–Crippen MR) is 60.5 cm³/mol. The molecule has 5 nitrogen and oxygen atoms in total. The zero-order chi connectivity index (χ0) is 12.5. The van der Waals surface area contributed by atoms with Crippen LogP contribution in [0, 0.1) is 0 Å². The van der Waals surface area contributed by atoms with E-state index in [2.05, 4.69) is 15.9 Å². The van der Waals surface area contributed by atoms with Crippen molar-refractivity contribution >= 4 is 31.7 Å². The molecule has 1 aromatic carbocycles. The summed E-state index contributed by atoms with van der Waals surface area (Å²) in [5.41, 5.74) is -0.443. The number of hydrogen-bond acceptors (Lipinski definition) is 4. The lowest BCUT2D eigenvalue weighted by atomic mass is 10.2. The van der Waals surface area contributed by atoms with Crippen LogP contribution in [-0.4, -0.2) is 30.4 Å². The highest BCUT2D eigenvalue weighted by Crippen LogP contribution is 2.31. The van der Waals surface area contributed by atoms with Gasteiger partial charge in [-0.05, 0) is 28.1 Å². The molecule has 0 aromatic heterocycles. The number of halogens is 1. The molecule has 0 aliphatic carbocycles. The Hall–Kier alpha value is -1.08. The van der Waals surface area contributed by atoms with Crippen molar-refractivity contribution in [2.24, 2.45) is 0 Å². The summed E-state index contributed by atoms with van der Waals surface area (Å²) < 4.78 is 23.1. The van der Waals surface area contributed by atoms with Gasteiger partial charge in [-0.3, -0.25) is 0 Å². The first kappa shape index (κ1) is 13.0. The number of rotatable bonds is 3. The Balaban J connectivity index is 3.53. The van der Waals surface area contributed by atoms with E-state index in [4.69, 9.17) is 5.11 Å². The maximum absolute atomic E-state index is 11.5. The number of carboxylic acids is 1. The summed E-state index contributed by atoms with van der Waals surface area (Å²) in [4.78, 5) is 10.6. The number of sulfone groups is 1. The number of benzene rings is 1. The lowest BCUT2D eigenvalue weighted by Gasteiger charge is -2.06. The Morgan fingerprint density at radius 1 is 1.44 bits per heavy atom. The highest BCUT2D eigenvalue weighted by atomic mass is 79.9. The number of carboxylic acid groups (broad SMARTS) is 1. The Labute approximate surface area is 101 Å². The summed E-state index contributed by atoms with van der Waals surface area (Å²) in [5, 5.41) is 18.2. The van der Waals surface area contributed by atoms with Crippen molar-refractivity contribution in [2.75, 3.05) is 5.75 Å². The molecule has 2 N–H and O–H groups in total. The fourth-order valence-electron chi connectivity index (χ4n) is 1.08. The van der Waals surface area contributed by atoms with Gasteiger partial charge in [0, 0.05) is 0 Å². The minimum absolute atomic E-state index is 0.0411. The number of hydrogen-bond donors (Lipinski definition) is 2. The third-order valence-electron chi connectivity index (χ3n) is 2.01. The van der Waals surface area contributed by atoms with Gasteiger partial charge in [-0.2, -0.15) is 0 Å². The fourth-order valence-corrected chi connectivity index (χ4v) is 2.62. The van der Waals surface area contributed by atoms with Crippen LogP contribution in [0.25, 0.3) is 0 Å². The molecular formula is C9H9BrO5S. The number of aromatic carboxylic acids is 1. The molecule has 16 heavy (non-hydrogen) atoms. The minimum atomic E-state index is -3.50. The first-order chi connectivity index (χ1) is 7.29. The zero-order valence-electron chi connectivity index (χ0n) is 8.27. The van der Waals surface area contributed by atoms with Crippen LogP contribution in [-0.2, 0) is 9.84 Å². The maximum atomic E-state index is 11.5. The van der Waals surface area contributed by atoms with Crippen LogP contribution in [0.2, 0.25) is 0 Å². The third-order valence-corrected chi connectivity index (χ3v) is 4.32. The van der Waals surface area contributed by atoms with Crippen molar-refractivity contribution in [2.45, 2.75) is 11.8 Å². The standard InChI is InChI=1S/C9H9BrO5S/c1-2-16(14,15)5-3-6(9(12)13)8(11)7(10)4-5/h3-4,11H,2H2,1H3,(H,12,13). The van der Waals surface area contributed by atoms with Gasteiger partial charge in [0.15, 0.2) is 9.84 Å². The first-order valence-corrected chi connectivity index (χ1v) is 6.72. The lowest BCUT2D eigenvalue weighted by molar-refractivity contribution is 0.0693. The summed E-state index contributed by atoms with van der Waals surface area (Å²) in [6, 6.07) is 2.13. The van der Waals surface area contributed by atoms with Crippen LogP contribution in [0.5, 0.6) is 5.75 Å². The van der Waals surface area contributed by atoms with Crippen LogP contribution in [0.4, 0.5) is 0 Å². The van der Waals surface area contributed by atoms with Gasteiger partial charge < -0.3 is 10.2 Å². The van der Waals surface area contributed by atoms with Gasteiger partial charge in [-0.1, -0.05) is 6.92 Å². The van der Waals surface area contributed by atoms with E-state index in [1.807, 2.05) is 0 Å². The van der Waals surface area contributed by atoms with Crippen molar-refractivity contribution in [3.63, 3.8) is 0 Å². The second kappa shape index (κ2) is 4.42. The van der Waals surface area contributed by atoms with Crippen molar-refractivity contribution in [3.05, 3.63) is 22.2 Å². The first-order valence-electron chi connectivity index (χ1n) is 4.28. The molecule has 0 saturated carbocycles. The lowest BCUT2D eigenvalue weighted by Crippen LogP contribution is -2.06. The van der Waals surface area contributed by atoms with Gasteiger partial charge in [0.1, 0.15) is 11.3 Å². The van der Waals surface area contributed by atoms with E-state index in [0.29, 0.717) is 0 Å². The molecule has 0 saturated heterocycles. The van der Waals surface area contributed by atoms with E-state index in [-0.39, 0.29) is 15.1 Å². The minimum Gasteiger partial charge on any atom is -0.506 e. The van der Waals surface area contributed by atoms with Gasteiger partial charge in [-0.25, -0.2) is 13.2 Å². The van der Waals surface area contributed by atoms with Crippen molar-refractivity contribution < 1.29 is 23.4 Å². The molecule has 7 heteroatoms. The number of phenols is 1. The van der Waals surface area contributed by atoms with Crippen LogP contribution >= 0.6 is 15.9 Å². The molecule has 0 fully saturated rings. The molecule has 0 amide bonds. The Kier molecular flexibility index (Phi) is 3.59. The molecule has 1 aromatic rings. The highest BCUT2D eigenvalue weighted by Gasteiger charge is 2.20. The molecule has 1 rings (SSSR count). The quantitative estimate of drug-likeness (QED) is 0.885. The smallest absolute Gasteiger partial charge is 0.339 e. The average Bonchev–Trinajstić information content (AvgIpc) is 2.21. The molecule has 0 bridgehead atoms. The van der Waals surface area contributed by atoms with Crippen molar-refractivity contribution in [1.82, 2.24) is 0 Å². The molecule has 0 atom stereocenters. The van der Waals surface area contributed by atoms with Gasteiger partial charge in [0.2, 0.25) is 0 Å². The molecule has 0 aliphatic rings. The Morgan fingerprint density at radius 2 is 2.00 bits per heavy atom. The molecular weight excluding hydrogens is 300 g/mol. The van der Waals surface area contributed by atoms with Crippen molar-refractivity contribution in [3.8, 4) is 5.75 Å². The summed E-state index contributed by atoms with van der Waals surface area (Å²) in [5.74, 6) is -2.00. The molecule has 0 spiro atoms. The SMILES string of the molecule is CCS(=O)(=O)c1cc(Br)c(O)c(C(=O)O)c1. The second-order valence-electron chi connectivity index (χ2n) is 3.01. The van der Waals surface area contributed by atoms with Gasteiger partial charge in [-0.15, -0.1) is 0 Å². The normalized spacial score (nSPS) is 11.4. The van der Waals surface area contributed by atoms with Gasteiger partial charge >= 0.3 is 5.97 Å². The zero-order valence-corrected chi connectivity index (χ0v) is 10.7. The topological polar surface area (TPSA) is 91.7 Å². The van der Waals surface area contributed by atoms with Crippen LogP contribution in [0.15, 0.2) is 21.5 Å². The van der Waals surface area contributed by atoms with Crippen molar-refractivity contribution in [1.29, 1.82) is 0 Å². The van der Waals surface area contributed by atoms with E-state index >= 15 is 0 Å². The molecule has 0 aliphatic heterocycles. The second-order valence-corrected chi connectivity index (χ2v) is 6.14. The van der Waals surface area contributed by atoms with Crippen LogP contribution < -0.4 is 0 Å². The third kappa shape index (κ3) is 2.35. The Morgan fingerprint density at radius 3 is 2.44 bits per heavy atom. The largest absolute Gasteiger partial charge is 0.506 e. The summed E-state index contributed by atoms with van der Waals surface area (Å²) in [7, 11) is -3.50. The van der Waals surface area contributed by atoms with Crippen LogP contribution in [0.3, 0.4) is 0 Å². The van der Waals surface area contributed by atoms with E-state index in [0.717, 1.165) is 6.07 Å². The molecule has 0 heterocycles. The summed E-state index contributed by atoms with van der Waals surface area (Å²) in [6.45, 7) is 1.45. The molecule has 0 unspecified atom stereocenters. The van der Waals surface area contributed by atoms with Gasteiger partial charge in [0.25, 0.3) is 0 Å². The van der Waals surface area contributed by atoms with E-state index in [1.54, 1.807) is 0 Å². The fraction of sp³-hybridized carbons (Fsp3) is 0.222. The van der Waals surface area contributed by atoms with Crippen LogP contribution in [0.1, 0.15) is 17.3 Å². The molecule has 88 valence electrons. The van der Waals surface area contributed by atoms with E-state index in [1.165, 1.54) is 13.0 Å². The predicted octanol–water partition coefficient (Wildman–Crippen LogP) is 1.65. The van der Waals surface area contributed by atoms with E-state index in [9.17, 15) is 18.3 Å². The Bertz CT molecular complexity index is 535. The monoisotopic (exact) mass is 308 g/mol.